The number of carbonyl (C=O) groups excluding carboxylic acids is 1. The van der Waals surface area contributed by atoms with Crippen LogP contribution in [0.2, 0.25) is 0 Å². The molecule has 48 heavy (non-hydrogen) atoms. The second-order valence-corrected chi connectivity index (χ2v) is 14.4. The van der Waals surface area contributed by atoms with Gasteiger partial charge in [0.05, 0.1) is 30.3 Å². The Morgan fingerprint density at radius 3 is 2.42 bits per heavy atom. The van der Waals surface area contributed by atoms with Crippen molar-refractivity contribution in [2.75, 3.05) is 20.3 Å². The normalized spacial score (nSPS) is 27.1. The van der Waals surface area contributed by atoms with E-state index < -0.39 is 16.2 Å². The minimum Gasteiger partial charge on any atom is -0.469 e. The number of rotatable bonds is 17. The predicted molar refractivity (Wildman–Crippen MR) is 183 cm³/mol. The largest absolute Gasteiger partial charge is 0.469 e. The van der Waals surface area contributed by atoms with Crippen LogP contribution in [-0.4, -0.2) is 65.6 Å². The molecule has 3 aliphatic rings. The van der Waals surface area contributed by atoms with Crippen LogP contribution in [0, 0.1) is 30.6 Å². The van der Waals surface area contributed by atoms with Gasteiger partial charge in [0.25, 0.3) is 10.1 Å². The van der Waals surface area contributed by atoms with Crippen LogP contribution in [0.3, 0.4) is 0 Å². The Morgan fingerprint density at radius 1 is 1.02 bits per heavy atom. The molecular weight excluding hydrogens is 632 g/mol. The molecule has 1 aromatic rings. The maximum absolute atomic E-state index is 13.6. The van der Waals surface area contributed by atoms with Gasteiger partial charge in [0, 0.05) is 38.4 Å². The van der Waals surface area contributed by atoms with Crippen molar-refractivity contribution in [3.05, 3.63) is 54.1 Å². The summed E-state index contributed by atoms with van der Waals surface area (Å²) in [6.07, 6.45) is 16.5. The molecule has 2 unspecified atom stereocenters. The second kappa shape index (κ2) is 20.2. The zero-order chi connectivity index (χ0) is 34.2. The molecule has 4 rings (SSSR count). The third kappa shape index (κ3) is 12.4. The van der Waals surface area contributed by atoms with E-state index in [2.05, 4.69) is 30.1 Å². The molecule has 2 saturated heterocycles. The first kappa shape index (κ1) is 38.3. The van der Waals surface area contributed by atoms with Crippen molar-refractivity contribution in [2.45, 2.75) is 133 Å². The van der Waals surface area contributed by atoms with Gasteiger partial charge in [0.15, 0.2) is 12.6 Å². The number of unbranched alkanes of at least 4 members (excludes halogenated alkanes) is 1. The zero-order valence-corrected chi connectivity index (χ0v) is 29.7. The molecule has 0 amide bonds. The summed E-state index contributed by atoms with van der Waals surface area (Å²) in [7, 11) is -2.64. The van der Waals surface area contributed by atoms with Gasteiger partial charge in [0.1, 0.15) is 0 Å². The lowest BCUT2D eigenvalue weighted by Gasteiger charge is -2.30. The van der Waals surface area contributed by atoms with E-state index in [0.29, 0.717) is 58.2 Å². The fraction of sp³-hybridized carbons (Fsp3) is 0.658. The van der Waals surface area contributed by atoms with Crippen LogP contribution < -0.4 is 0 Å². The van der Waals surface area contributed by atoms with Gasteiger partial charge in [-0.1, -0.05) is 42.0 Å². The molecular formula is C38H54O9S. The quantitative estimate of drug-likeness (QED) is 0.0554. The van der Waals surface area contributed by atoms with Gasteiger partial charge in [-0.3, -0.25) is 8.98 Å². The molecule has 0 spiro atoms. The molecule has 2 aliphatic heterocycles. The van der Waals surface area contributed by atoms with Crippen molar-refractivity contribution in [1.82, 2.24) is 0 Å². The number of methoxy groups -OCH3 is 1. The van der Waals surface area contributed by atoms with Crippen LogP contribution in [-0.2, 0) is 42.8 Å². The molecule has 7 atom stereocenters. The Hall–Kier alpha value is -2.52. The molecule has 0 radical (unpaired) electrons. The number of ether oxygens (including phenoxy) is 5. The van der Waals surface area contributed by atoms with Gasteiger partial charge in [-0.2, -0.15) is 8.42 Å². The summed E-state index contributed by atoms with van der Waals surface area (Å²) in [6.45, 7) is 5.09. The highest BCUT2D eigenvalue weighted by Crippen LogP contribution is 2.42. The van der Waals surface area contributed by atoms with E-state index in [-0.39, 0.29) is 47.5 Å². The fourth-order valence-corrected chi connectivity index (χ4v) is 7.63. The molecule has 3 fully saturated rings. The average Bonchev–Trinajstić information content (AvgIpc) is 3.40. The van der Waals surface area contributed by atoms with Crippen LogP contribution in [0.25, 0.3) is 0 Å². The number of hydrogen-bond acceptors (Lipinski definition) is 9. The summed E-state index contributed by atoms with van der Waals surface area (Å²) < 4.78 is 62.9. The van der Waals surface area contributed by atoms with Crippen LogP contribution in [0.1, 0.15) is 96.0 Å². The molecule has 1 aliphatic carbocycles. The molecule has 1 saturated carbocycles. The molecule has 266 valence electrons. The van der Waals surface area contributed by atoms with Crippen molar-refractivity contribution in [3.8, 4) is 11.8 Å². The van der Waals surface area contributed by atoms with E-state index in [1.807, 2.05) is 19.9 Å². The number of benzene rings is 1. The first-order chi connectivity index (χ1) is 23.3. The van der Waals surface area contributed by atoms with Crippen molar-refractivity contribution in [2.24, 2.45) is 11.8 Å². The highest BCUT2D eigenvalue weighted by Gasteiger charge is 2.46. The Labute approximate surface area is 287 Å². The minimum absolute atomic E-state index is 0.134. The molecule has 0 aromatic heterocycles. The van der Waals surface area contributed by atoms with Crippen LogP contribution in [0.5, 0.6) is 0 Å². The van der Waals surface area contributed by atoms with Crippen molar-refractivity contribution >= 4 is 16.1 Å². The maximum atomic E-state index is 13.6. The molecule has 0 N–H and O–H groups in total. The van der Waals surface area contributed by atoms with E-state index in [0.717, 1.165) is 44.1 Å². The standard InChI is InChI=1S/C38H54O9S/c1-4-5-8-15-30(45-37-18-11-13-26-43-37)22-25-33-32(16-9-6-7-10-17-36(39)42-3)35(28-34(33)46-38-19-12-14-27-44-38)47-48(40,41)31-23-20-29(2)21-24-31/h6,9,20-25,30,32-35,37-38H,7-8,10-19,26-28H2,1-3H3/b9-6-,25-22+/t30-,32+,33+,34+,35+,37?,38?/m0/s1. The number of hydrogen-bond donors (Lipinski definition) is 0. The van der Waals surface area contributed by atoms with E-state index >= 15 is 0 Å². The molecule has 0 bridgehead atoms. The summed E-state index contributed by atoms with van der Waals surface area (Å²) in [6, 6.07) is 6.73. The number of carbonyl (C=O) groups is 1. The molecule has 10 heteroatoms. The third-order valence-corrected chi connectivity index (χ3v) is 10.5. The predicted octanol–water partition coefficient (Wildman–Crippen LogP) is 7.18. The lowest BCUT2D eigenvalue weighted by Crippen LogP contribution is -2.31. The Morgan fingerprint density at radius 2 is 1.75 bits per heavy atom. The topological polar surface area (TPSA) is 107 Å². The fourth-order valence-electron chi connectivity index (χ4n) is 6.51. The summed E-state index contributed by atoms with van der Waals surface area (Å²) in [4.78, 5) is 11.7. The van der Waals surface area contributed by atoms with Crippen LogP contribution >= 0.6 is 0 Å². The highest BCUT2D eigenvalue weighted by atomic mass is 32.2. The zero-order valence-electron chi connectivity index (χ0n) is 28.8. The van der Waals surface area contributed by atoms with Crippen molar-refractivity contribution in [1.29, 1.82) is 0 Å². The summed E-state index contributed by atoms with van der Waals surface area (Å²) in [5.41, 5.74) is 0.969. The highest BCUT2D eigenvalue weighted by molar-refractivity contribution is 7.86. The monoisotopic (exact) mass is 686 g/mol. The first-order valence-corrected chi connectivity index (χ1v) is 19.0. The Bertz CT molecular complexity index is 1330. The number of allylic oxidation sites excluding steroid dienone is 2. The van der Waals surface area contributed by atoms with Gasteiger partial charge in [-0.25, -0.2) is 0 Å². The molecule has 1 aromatic carbocycles. The van der Waals surface area contributed by atoms with Crippen molar-refractivity contribution in [3.63, 3.8) is 0 Å². The lowest BCUT2D eigenvalue weighted by atomic mass is 9.89. The SMILES string of the molecule is CC#CCC[C@@H](/C=C/[C@@H]1[C@@H](C/C=C\CCCC(=O)OC)[C@H](OS(=O)(=O)c2ccc(C)cc2)C[C@H]1OC1CCCCO1)OC1CCCCO1. The smallest absolute Gasteiger partial charge is 0.305 e. The van der Waals surface area contributed by atoms with Gasteiger partial charge in [0.2, 0.25) is 0 Å². The average molecular weight is 687 g/mol. The van der Waals surface area contributed by atoms with E-state index in [1.54, 1.807) is 24.3 Å². The van der Waals surface area contributed by atoms with Gasteiger partial charge in [-0.05, 0) is 96.1 Å². The molecule has 9 nitrogen and oxygen atoms in total. The van der Waals surface area contributed by atoms with Crippen LogP contribution in [0.15, 0.2) is 53.5 Å². The molecule has 2 heterocycles. The maximum Gasteiger partial charge on any atom is 0.305 e. The Kier molecular flexibility index (Phi) is 16.1. The first-order valence-electron chi connectivity index (χ1n) is 17.6. The van der Waals surface area contributed by atoms with E-state index in [9.17, 15) is 13.2 Å². The summed E-state index contributed by atoms with van der Waals surface area (Å²) >= 11 is 0. The minimum atomic E-state index is -4.03. The second-order valence-electron chi connectivity index (χ2n) is 12.8. The Balaban J connectivity index is 1.60. The number of esters is 1. The lowest BCUT2D eigenvalue weighted by molar-refractivity contribution is -0.193. The van der Waals surface area contributed by atoms with Gasteiger partial charge >= 0.3 is 5.97 Å². The summed E-state index contributed by atoms with van der Waals surface area (Å²) in [5, 5.41) is 0. The van der Waals surface area contributed by atoms with E-state index in [4.69, 9.17) is 27.9 Å². The van der Waals surface area contributed by atoms with Gasteiger partial charge < -0.3 is 23.7 Å². The van der Waals surface area contributed by atoms with Gasteiger partial charge in [-0.15, -0.1) is 11.8 Å². The van der Waals surface area contributed by atoms with Crippen molar-refractivity contribution < 1.29 is 41.1 Å². The van der Waals surface area contributed by atoms with E-state index in [1.165, 1.54) is 7.11 Å². The number of aryl methyl sites for hydroxylation is 1. The third-order valence-electron chi connectivity index (χ3n) is 9.19. The van der Waals surface area contributed by atoms with Crippen LogP contribution in [0.4, 0.5) is 0 Å². The summed E-state index contributed by atoms with van der Waals surface area (Å²) in [5.74, 6) is 5.53.